The lowest BCUT2D eigenvalue weighted by molar-refractivity contribution is 0.0482. The van der Waals surface area contributed by atoms with Crippen molar-refractivity contribution in [1.29, 1.82) is 0 Å². The zero-order valence-corrected chi connectivity index (χ0v) is 10.8. The number of aromatic nitrogens is 2. The molecule has 0 aliphatic carbocycles. The van der Waals surface area contributed by atoms with Gasteiger partial charge in [-0.25, -0.2) is 4.79 Å². The van der Waals surface area contributed by atoms with Crippen LogP contribution < -0.4 is 5.73 Å². The van der Waals surface area contributed by atoms with Gasteiger partial charge in [0, 0.05) is 6.54 Å². The summed E-state index contributed by atoms with van der Waals surface area (Å²) in [6, 6.07) is 0. The molecular weight excluding hydrogens is 218 g/mol. The Bertz CT molecular complexity index is 372. The molecule has 1 rings (SSSR count). The Morgan fingerprint density at radius 1 is 1.59 bits per heavy atom. The highest BCUT2D eigenvalue weighted by atomic mass is 16.5. The minimum atomic E-state index is -0.384. The molecular formula is C12H21N3O2. The van der Waals surface area contributed by atoms with E-state index in [1.165, 1.54) is 6.20 Å². The number of esters is 1. The summed E-state index contributed by atoms with van der Waals surface area (Å²) in [6.45, 7) is 7.24. The lowest BCUT2D eigenvalue weighted by atomic mass is 10.1. The van der Waals surface area contributed by atoms with Crippen molar-refractivity contribution < 1.29 is 9.53 Å². The summed E-state index contributed by atoms with van der Waals surface area (Å²) in [5, 5.41) is 4.00. The van der Waals surface area contributed by atoms with Crippen LogP contribution in [0.25, 0.3) is 0 Å². The van der Waals surface area contributed by atoms with E-state index in [9.17, 15) is 4.79 Å². The molecule has 17 heavy (non-hydrogen) atoms. The van der Waals surface area contributed by atoms with Crippen molar-refractivity contribution in [3.05, 3.63) is 11.9 Å². The first-order valence-corrected chi connectivity index (χ1v) is 6.04. The second kappa shape index (κ2) is 6.27. The predicted octanol–water partition coefficient (Wildman–Crippen LogP) is 2.08. The fraction of sp³-hybridized carbons (Fsp3) is 0.667. The van der Waals surface area contributed by atoms with E-state index in [1.54, 1.807) is 4.68 Å². The van der Waals surface area contributed by atoms with Crippen LogP contribution in [-0.4, -0.2) is 22.4 Å². The van der Waals surface area contributed by atoms with Crippen LogP contribution in [0.15, 0.2) is 6.20 Å². The Labute approximate surface area is 102 Å². The molecule has 1 aromatic heterocycles. The van der Waals surface area contributed by atoms with Crippen LogP contribution in [0.1, 0.15) is 44.1 Å². The van der Waals surface area contributed by atoms with E-state index in [0.29, 0.717) is 30.5 Å². The molecule has 1 aromatic rings. The highest BCUT2D eigenvalue weighted by Crippen LogP contribution is 2.12. The topological polar surface area (TPSA) is 70.1 Å². The Morgan fingerprint density at radius 3 is 2.88 bits per heavy atom. The normalized spacial score (nSPS) is 10.8. The van der Waals surface area contributed by atoms with Gasteiger partial charge in [0.1, 0.15) is 0 Å². The summed E-state index contributed by atoms with van der Waals surface area (Å²) in [5.41, 5.74) is 6.42. The number of nitrogens with two attached hydrogens (primary N) is 1. The molecule has 0 amide bonds. The number of nitrogen functional groups attached to an aromatic ring is 1. The number of hydrogen-bond acceptors (Lipinski definition) is 4. The van der Waals surface area contributed by atoms with Crippen LogP contribution in [0.3, 0.4) is 0 Å². The second-order valence-electron chi connectivity index (χ2n) is 4.44. The van der Waals surface area contributed by atoms with Crippen LogP contribution >= 0.6 is 0 Å². The zero-order valence-electron chi connectivity index (χ0n) is 10.8. The smallest absolute Gasteiger partial charge is 0.358 e. The van der Waals surface area contributed by atoms with Gasteiger partial charge in [0.05, 0.1) is 18.5 Å². The Kier molecular flexibility index (Phi) is 5.00. The van der Waals surface area contributed by atoms with Crippen molar-refractivity contribution in [3.8, 4) is 0 Å². The van der Waals surface area contributed by atoms with Crippen LogP contribution in [-0.2, 0) is 11.3 Å². The van der Waals surface area contributed by atoms with E-state index in [2.05, 4.69) is 18.9 Å². The van der Waals surface area contributed by atoms with Crippen molar-refractivity contribution in [1.82, 2.24) is 9.78 Å². The van der Waals surface area contributed by atoms with Crippen molar-refractivity contribution >= 4 is 11.7 Å². The third-order valence-corrected chi connectivity index (χ3v) is 2.52. The average Bonchev–Trinajstić information content (AvgIpc) is 2.65. The highest BCUT2D eigenvalue weighted by molar-refractivity contribution is 5.93. The number of rotatable bonds is 6. The molecule has 5 heteroatoms. The third kappa shape index (κ3) is 3.76. The lowest BCUT2D eigenvalue weighted by Crippen LogP contribution is -2.15. The van der Waals surface area contributed by atoms with E-state index in [1.807, 2.05) is 6.92 Å². The van der Waals surface area contributed by atoms with E-state index >= 15 is 0 Å². The first-order chi connectivity index (χ1) is 8.06. The van der Waals surface area contributed by atoms with Gasteiger partial charge in [-0.3, -0.25) is 4.68 Å². The van der Waals surface area contributed by atoms with Gasteiger partial charge < -0.3 is 10.5 Å². The summed E-state index contributed by atoms with van der Waals surface area (Å²) in [5.74, 6) is 0.241. The molecule has 1 heterocycles. The van der Waals surface area contributed by atoms with Crippen LogP contribution in [0, 0.1) is 5.92 Å². The molecule has 0 fully saturated rings. The number of hydrogen-bond donors (Lipinski definition) is 1. The predicted molar refractivity (Wildman–Crippen MR) is 66.7 cm³/mol. The van der Waals surface area contributed by atoms with Crippen molar-refractivity contribution in [2.75, 3.05) is 12.3 Å². The lowest BCUT2D eigenvalue weighted by Gasteiger charge is -2.08. The molecule has 0 radical (unpaired) electrons. The molecule has 2 N–H and O–H groups in total. The van der Waals surface area contributed by atoms with Gasteiger partial charge >= 0.3 is 5.97 Å². The van der Waals surface area contributed by atoms with Crippen molar-refractivity contribution in [3.63, 3.8) is 0 Å². The molecule has 0 atom stereocenters. The number of anilines is 1. The molecule has 96 valence electrons. The minimum Gasteiger partial charge on any atom is -0.461 e. The number of ether oxygens (including phenoxy) is 1. The molecule has 0 saturated heterocycles. The van der Waals surface area contributed by atoms with Crippen LogP contribution in [0.2, 0.25) is 0 Å². The largest absolute Gasteiger partial charge is 0.461 e. The SMILES string of the molecule is CCn1ncc(N)c1C(=O)OCCCC(C)C. The first kappa shape index (κ1) is 13.5. The molecule has 0 unspecified atom stereocenters. The molecule has 0 aromatic carbocycles. The monoisotopic (exact) mass is 239 g/mol. The van der Waals surface area contributed by atoms with E-state index in [0.717, 1.165) is 12.8 Å². The van der Waals surface area contributed by atoms with E-state index in [-0.39, 0.29) is 5.97 Å². The maximum absolute atomic E-state index is 11.8. The van der Waals surface area contributed by atoms with Gasteiger partial charge in [0.2, 0.25) is 0 Å². The summed E-state index contributed by atoms with van der Waals surface area (Å²) in [4.78, 5) is 11.8. The fourth-order valence-electron chi connectivity index (χ4n) is 1.59. The molecule has 0 aliphatic rings. The molecule has 5 nitrogen and oxygen atoms in total. The van der Waals surface area contributed by atoms with Gasteiger partial charge in [-0.2, -0.15) is 5.10 Å². The number of carbonyl (C=O) groups excluding carboxylic acids is 1. The number of nitrogens with zero attached hydrogens (tertiary/aromatic N) is 2. The average molecular weight is 239 g/mol. The standard InChI is InChI=1S/C12H21N3O2/c1-4-15-11(10(13)8-14-15)12(16)17-7-5-6-9(2)3/h8-9H,4-7,13H2,1-3H3. The highest BCUT2D eigenvalue weighted by Gasteiger charge is 2.17. The Morgan fingerprint density at radius 2 is 2.29 bits per heavy atom. The van der Waals surface area contributed by atoms with Crippen LogP contribution in [0.5, 0.6) is 0 Å². The molecule has 0 bridgehead atoms. The summed E-state index contributed by atoms with van der Waals surface area (Å²) in [6.07, 6.45) is 3.41. The summed E-state index contributed by atoms with van der Waals surface area (Å²) < 4.78 is 6.74. The third-order valence-electron chi connectivity index (χ3n) is 2.52. The van der Waals surface area contributed by atoms with Gasteiger partial charge in [-0.15, -0.1) is 0 Å². The van der Waals surface area contributed by atoms with Crippen LogP contribution in [0.4, 0.5) is 5.69 Å². The van der Waals surface area contributed by atoms with Crippen molar-refractivity contribution in [2.45, 2.75) is 40.2 Å². The number of aryl methyl sites for hydroxylation is 1. The Hall–Kier alpha value is -1.52. The zero-order chi connectivity index (χ0) is 12.8. The molecule has 0 aliphatic heterocycles. The minimum absolute atomic E-state index is 0.358. The number of carbonyl (C=O) groups is 1. The molecule has 0 saturated carbocycles. The fourth-order valence-corrected chi connectivity index (χ4v) is 1.59. The van der Waals surface area contributed by atoms with Gasteiger partial charge in [-0.1, -0.05) is 13.8 Å². The van der Waals surface area contributed by atoms with Gasteiger partial charge in [0.25, 0.3) is 0 Å². The maximum atomic E-state index is 11.8. The quantitative estimate of drug-likeness (QED) is 0.609. The summed E-state index contributed by atoms with van der Waals surface area (Å²) >= 11 is 0. The van der Waals surface area contributed by atoms with Crippen molar-refractivity contribution in [2.24, 2.45) is 5.92 Å². The van der Waals surface area contributed by atoms with E-state index in [4.69, 9.17) is 10.5 Å². The Balaban J connectivity index is 2.49. The van der Waals surface area contributed by atoms with Gasteiger partial charge in [0.15, 0.2) is 5.69 Å². The molecule has 0 spiro atoms. The first-order valence-electron chi connectivity index (χ1n) is 6.04. The van der Waals surface area contributed by atoms with Gasteiger partial charge in [-0.05, 0) is 25.7 Å². The van der Waals surface area contributed by atoms with E-state index < -0.39 is 0 Å². The maximum Gasteiger partial charge on any atom is 0.358 e. The summed E-state index contributed by atoms with van der Waals surface area (Å²) in [7, 11) is 0. The second-order valence-corrected chi connectivity index (χ2v) is 4.44.